The second-order valence-corrected chi connectivity index (χ2v) is 4.82. The number of carbonyl (C=O) groups is 1. The maximum Gasteiger partial charge on any atom is 0.260 e. The number of benzene rings is 1. The maximum atomic E-state index is 11.8. The van der Waals surface area contributed by atoms with Gasteiger partial charge in [0, 0.05) is 13.1 Å². The zero-order valence-electron chi connectivity index (χ0n) is 13.4. The second kappa shape index (κ2) is 9.23. The van der Waals surface area contributed by atoms with Crippen LogP contribution in [0.5, 0.6) is 11.5 Å². The molecule has 0 aromatic heterocycles. The van der Waals surface area contributed by atoms with Gasteiger partial charge in [-0.05, 0) is 37.6 Å². The predicted octanol–water partition coefficient (Wildman–Crippen LogP) is 2.10. The number of nitrogens with one attached hydrogen (secondary N) is 2. The summed E-state index contributed by atoms with van der Waals surface area (Å²) in [6.45, 7) is 8.15. The van der Waals surface area contributed by atoms with E-state index in [2.05, 4.69) is 17.6 Å². The lowest BCUT2D eigenvalue weighted by Crippen LogP contribution is -2.36. The molecule has 1 amide bonds. The van der Waals surface area contributed by atoms with Crippen molar-refractivity contribution in [2.75, 3.05) is 20.2 Å². The minimum absolute atomic E-state index is 0.115. The zero-order chi connectivity index (χ0) is 15.7. The van der Waals surface area contributed by atoms with Gasteiger partial charge in [-0.1, -0.05) is 19.9 Å². The van der Waals surface area contributed by atoms with E-state index in [1.54, 1.807) is 14.0 Å². The summed E-state index contributed by atoms with van der Waals surface area (Å²) in [6.07, 6.45) is 0.353. The van der Waals surface area contributed by atoms with Crippen LogP contribution in [0.4, 0.5) is 0 Å². The van der Waals surface area contributed by atoms with Gasteiger partial charge < -0.3 is 20.1 Å². The van der Waals surface area contributed by atoms with Gasteiger partial charge in [0.25, 0.3) is 5.91 Å². The molecule has 0 fully saturated rings. The third-order valence-electron chi connectivity index (χ3n) is 3.03. The van der Waals surface area contributed by atoms with Gasteiger partial charge in [0.1, 0.15) is 0 Å². The summed E-state index contributed by atoms with van der Waals surface area (Å²) in [4.78, 5) is 11.8. The van der Waals surface area contributed by atoms with Crippen LogP contribution in [-0.2, 0) is 11.3 Å². The molecule has 0 heterocycles. The lowest BCUT2D eigenvalue weighted by molar-refractivity contribution is -0.127. The molecule has 0 aliphatic rings. The fourth-order valence-electron chi connectivity index (χ4n) is 1.82. The average molecular weight is 294 g/mol. The molecule has 1 atom stereocenters. The first-order chi connectivity index (χ1) is 10.1. The van der Waals surface area contributed by atoms with Crippen LogP contribution in [0.25, 0.3) is 0 Å². The molecule has 0 saturated carbocycles. The fraction of sp³-hybridized carbons (Fsp3) is 0.562. The number of ether oxygens (including phenoxy) is 2. The highest BCUT2D eigenvalue weighted by Crippen LogP contribution is 2.29. The molecule has 1 rings (SSSR count). The summed E-state index contributed by atoms with van der Waals surface area (Å²) in [5, 5.41) is 6.07. The Morgan fingerprint density at radius 2 is 2.05 bits per heavy atom. The Kier molecular flexibility index (Phi) is 7.61. The highest BCUT2D eigenvalue weighted by atomic mass is 16.5. The van der Waals surface area contributed by atoms with E-state index in [4.69, 9.17) is 9.47 Å². The Morgan fingerprint density at radius 1 is 1.29 bits per heavy atom. The third-order valence-corrected chi connectivity index (χ3v) is 3.03. The van der Waals surface area contributed by atoms with Gasteiger partial charge in [-0.15, -0.1) is 0 Å². The Bertz CT molecular complexity index is 449. The molecule has 5 nitrogen and oxygen atoms in total. The van der Waals surface area contributed by atoms with Gasteiger partial charge in [-0.3, -0.25) is 4.79 Å². The van der Waals surface area contributed by atoms with Gasteiger partial charge in [-0.2, -0.15) is 0 Å². The molecule has 1 aromatic carbocycles. The first-order valence-electron chi connectivity index (χ1n) is 7.44. The summed E-state index contributed by atoms with van der Waals surface area (Å²) in [6, 6.07) is 5.74. The molecule has 0 saturated heterocycles. The molecule has 118 valence electrons. The molecule has 2 N–H and O–H groups in total. The van der Waals surface area contributed by atoms with Crippen LogP contribution < -0.4 is 20.1 Å². The van der Waals surface area contributed by atoms with Crippen molar-refractivity contribution >= 4 is 5.91 Å². The number of rotatable bonds is 9. The standard InChI is InChI=1S/C16H26N2O3/c1-5-9-18-16(19)12(3)21-14-8-7-13(11-17-6-2)10-15(14)20-4/h7-8,10,12,17H,5-6,9,11H2,1-4H3,(H,18,19). The van der Waals surface area contributed by atoms with Gasteiger partial charge in [0.05, 0.1) is 7.11 Å². The molecule has 0 aliphatic carbocycles. The highest BCUT2D eigenvalue weighted by Gasteiger charge is 2.16. The number of hydrogen-bond donors (Lipinski definition) is 2. The topological polar surface area (TPSA) is 59.6 Å². The summed E-state index contributed by atoms with van der Waals surface area (Å²) >= 11 is 0. The van der Waals surface area contributed by atoms with E-state index < -0.39 is 6.10 Å². The van der Waals surface area contributed by atoms with Gasteiger partial charge in [0.2, 0.25) is 0 Å². The number of carbonyl (C=O) groups excluding carboxylic acids is 1. The van der Waals surface area contributed by atoms with Crippen molar-refractivity contribution in [1.29, 1.82) is 0 Å². The van der Waals surface area contributed by atoms with E-state index in [0.29, 0.717) is 18.0 Å². The van der Waals surface area contributed by atoms with E-state index in [-0.39, 0.29) is 5.91 Å². The fourth-order valence-corrected chi connectivity index (χ4v) is 1.82. The Labute approximate surface area is 127 Å². The maximum absolute atomic E-state index is 11.8. The largest absolute Gasteiger partial charge is 0.493 e. The van der Waals surface area contributed by atoms with Crippen molar-refractivity contribution in [3.63, 3.8) is 0 Å². The van der Waals surface area contributed by atoms with Crippen molar-refractivity contribution in [3.05, 3.63) is 23.8 Å². The summed E-state index contributed by atoms with van der Waals surface area (Å²) in [5.74, 6) is 1.10. The Hall–Kier alpha value is -1.75. The lowest BCUT2D eigenvalue weighted by atomic mass is 10.2. The molecule has 21 heavy (non-hydrogen) atoms. The third kappa shape index (κ3) is 5.63. The van der Waals surface area contributed by atoms with E-state index >= 15 is 0 Å². The first-order valence-corrected chi connectivity index (χ1v) is 7.44. The second-order valence-electron chi connectivity index (χ2n) is 4.82. The van der Waals surface area contributed by atoms with Crippen molar-refractivity contribution in [1.82, 2.24) is 10.6 Å². The van der Waals surface area contributed by atoms with Gasteiger partial charge >= 0.3 is 0 Å². The van der Waals surface area contributed by atoms with Crippen LogP contribution >= 0.6 is 0 Å². The van der Waals surface area contributed by atoms with Crippen LogP contribution in [0.15, 0.2) is 18.2 Å². The van der Waals surface area contributed by atoms with Crippen molar-refractivity contribution in [2.24, 2.45) is 0 Å². The molecular formula is C16H26N2O3. The predicted molar refractivity (Wildman–Crippen MR) is 83.8 cm³/mol. The highest BCUT2D eigenvalue weighted by molar-refractivity contribution is 5.80. The normalized spacial score (nSPS) is 11.8. The monoisotopic (exact) mass is 294 g/mol. The molecule has 0 bridgehead atoms. The van der Waals surface area contributed by atoms with Crippen LogP contribution in [0.2, 0.25) is 0 Å². The quantitative estimate of drug-likeness (QED) is 0.732. The summed E-state index contributed by atoms with van der Waals surface area (Å²) < 4.78 is 11.0. The Balaban J connectivity index is 2.71. The van der Waals surface area contributed by atoms with Crippen LogP contribution in [-0.4, -0.2) is 32.2 Å². The van der Waals surface area contributed by atoms with Crippen LogP contribution in [0.1, 0.15) is 32.8 Å². The SMILES string of the molecule is CCCNC(=O)C(C)Oc1ccc(CNCC)cc1OC. The molecule has 1 unspecified atom stereocenters. The minimum atomic E-state index is -0.551. The molecule has 1 aromatic rings. The zero-order valence-corrected chi connectivity index (χ0v) is 13.4. The van der Waals surface area contributed by atoms with E-state index in [9.17, 15) is 4.79 Å². The van der Waals surface area contributed by atoms with Crippen molar-refractivity contribution in [3.8, 4) is 11.5 Å². The molecule has 0 radical (unpaired) electrons. The summed E-state index contributed by atoms with van der Waals surface area (Å²) in [5.41, 5.74) is 1.11. The first kappa shape index (κ1) is 17.3. The number of methoxy groups -OCH3 is 1. The van der Waals surface area contributed by atoms with Crippen molar-refractivity contribution < 1.29 is 14.3 Å². The van der Waals surface area contributed by atoms with Gasteiger partial charge in [0.15, 0.2) is 17.6 Å². The van der Waals surface area contributed by atoms with E-state index in [1.807, 2.05) is 25.1 Å². The average Bonchev–Trinajstić information content (AvgIpc) is 2.51. The molecule has 5 heteroatoms. The minimum Gasteiger partial charge on any atom is -0.493 e. The van der Waals surface area contributed by atoms with Gasteiger partial charge in [-0.25, -0.2) is 0 Å². The van der Waals surface area contributed by atoms with Crippen LogP contribution in [0.3, 0.4) is 0 Å². The molecular weight excluding hydrogens is 268 g/mol. The summed E-state index contributed by atoms with van der Waals surface area (Å²) in [7, 11) is 1.60. The molecule has 0 spiro atoms. The lowest BCUT2D eigenvalue weighted by Gasteiger charge is -2.17. The van der Waals surface area contributed by atoms with E-state index in [0.717, 1.165) is 25.1 Å². The number of amides is 1. The van der Waals surface area contributed by atoms with Crippen molar-refractivity contribution in [2.45, 2.75) is 39.8 Å². The smallest absolute Gasteiger partial charge is 0.260 e. The number of hydrogen-bond acceptors (Lipinski definition) is 4. The Morgan fingerprint density at radius 3 is 2.67 bits per heavy atom. The van der Waals surface area contributed by atoms with E-state index in [1.165, 1.54) is 0 Å². The van der Waals surface area contributed by atoms with Crippen LogP contribution in [0, 0.1) is 0 Å². The molecule has 0 aliphatic heterocycles.